The Labute approximate surface area is 299 Å². The summed E-state index contributed by atoms with van der Waals surface area (Å²) in [5.74, 6) is 3.96. The minimum atomic E-state index is -4.94. The summed E-state index contributed by atoms with van der Waals surface area (Å²) in [6.45, 7) is 12.7. The number of anilines is 2. The molecule has 0 aliphatic carbocycles. The third kappa shape index (κ3) is 6.38. The molecule has 2 fully saturated rings. The number of carbonyl (C=O) groups excluding carboxylic acids is 1. The average Bonchev–Trinajstić information content (AvgIpc) is 3.66. The molecule has 2 aromatic heterocycles. The minimum absolute atomic E-state index is 0.0432. The molecule has 2 saturated heterocycles. The molecule has 0 unspecified atom stereocenters. The van der Waals surface area contributed by atoms with Gasteiger partial charge in [-0.2, -0.15) is 28.2 Å². The van der Waals surface area contributed by atoms with Crippen LogP contribution in [0, 0.1) is 17.7 Å². The van der Waals surface area contributed by atoms with Crippen molar-refractivity contribution in [3.63, 3.8) is 0 Å². The highest BCUT2D eigenvalue weighted by atomic mass is 19.4. The number of nitrogens with two attached hydrogens (primary N) is 1. The smallest absolute Gasteiger partial charge is 0.418 e. The van der Waals surface area contributed by atoms with Crippen molar-refractivity contribution in [1.82, 2.24) is 29.5 Å². The van der Waals surface area contributed by atoms with Crippen molar-refractivity contribution in [1.29, 1.82) is 0 Å². The summed E-state index contributed by atoms with van der Waals surface area (Å²) in [4.78, 5) is 28.1. The molecular weight excluding hydrogens is 680 g/mol. The van der Waals surface area contributed by atoms with Crippen LogP contribution in [-0.2, 0) is 37.0 Å². The lowest BCUT2D eigenvalue weighted by atomic mass is 9.90. The van der Waals surface area contributed by atoms with Gasteiger partial charge >= 0.3 is 12.2 Å². The van der Waals surface area contributed by atoms with Gasteiger partial charge in [0, 0.05) is 63.4 Å². The first-order valence-electron chi connectivity index (χ1n) is 17.0. The van der Waals surface area contributed by atoms with Crippen molar-refractivity contribution in [2.45, 2.75) is 70.1 Å². The number of nitrogen functional groups attached to an aromatic ring is 1. The molecule has 11 nitrogen and oxygen atoms in total. The van der Waals surface area contributed by atoms with Gasteiger partial charge in [-0.1, -0.05) is 30.2 Å². The van der Waals surface area contributed by atoms with Gasteiger partial charge in [0.2, 0.25) is 0 Å². The Kier molecular flexibility index (Phi) is 9.03. The van der Waals surface area contributed by atoms with Crippen LogP contribution in [0.1, 0.15) is 76.4 Å². The highest BCUT2D eigenvalue weighted by molar-refractivity contribution is 5.92. The number of fused-ring (bicyclic) bond motifs is 3. The number of halogens is 4. The number of aryl methyl sites for hydroxylation is 1. The molecule has 52 heavy (non-hydrogen) atoms. The largest absolute Gasteiger partial charge is 0.461 e. The van der Waals surface area contributed by atoms with Crippen LogP contribution in [0.2, 0.25) is 0 Å². The maximum Gasteiger partial charge on any atom is 0.418 e. The fourth-order valence-corrected chi connectivity index (χ4v) is 7.91. The zero-order valence-corrected chi connectivity index (χ0v) is 29.4. The Hall–Kier alpha value is -4.94. The summed E-state index contributed by atoms with van der Waals surface area (Å²) in [7, 11) is 3.32. The number of nitrogens with zero attached hydrogens (tertiary/aromatic N) is 7. The number of aromatic nitrogens is 4. The highest BCUT2D eigenvalue weighted by Crippen LogP contribution is 2.46. The van der Waals surface area contributed by atoms with E-state index < -0.39 is 40.5 Å². The lowest BCUT2D eigenvalue weighted by molar-refractivity contribution is -0.140. The fourth-order valence-electron chi connectivity index (χ4n) is 7.91. The number of rotatable bonds is 6. The summed E-state index contributed by atoms with van der Waals surface area (Å²) < 4.78 is 73.8. The normalized spacial score (nSPS) is 19.8. The predicted molar refractivity (Wildman–Crippen MR) is 185 cm³/mol. The second-order valence-corrected chi connectivity index (χ2v) is 14.2. The Balaban J connectivity index is 1.29. The standard InChI is InChI=1S/C37H40F4N8O3/c1-6-8-23-11-26(42)32(38)30(31(23)37(39,40)41)29-13-27-25(19-51-29)33(47-9-7-10-49-24(18-47)12-28(45-49)34(50)46(4)5)44-35(43-27)52-20-36-14-21(2)16-48(36)17-22(3)15-36/h11-12,29H,2-3,7,9-10,13-20,42H2,1,4-5H3/t29-/m0/s1. The minimum Gasteiger partial charge on any atom is -0.461 e. The first kappa shape index (κ1) is 35.5. The Morgan fingerprint density at radius 2 is 1.88 bits per heavy atom. The molecule has 6 heterocycles. The quantitative estimate of drug-likeness (QED) is 0.162. The van der Waals surface area contributed by atoms with Gasteiger partial charge in [-0.3, -0.25) is 14.4 Å². The maximum absolute atomic E-state index is 15.7. The van der Waals surface area contributed by atoms with Crippen molar-refractivity contribution in [3.05, 3.63) is 81.6 Å². The third-order valence-corrected chi connectivity index (χ3v) is 10.1. The molecule has 0 bridgehead atoms. The van der Waals surface area contributed by atoms with Gasteiger partial charge in [-0.05, 0) is 38.3 Å². The first-order valence-corrected chi connectivity index (χ1v) is 17.0. The van der Waals surface area contributed by atoms with Gasteiger partial charge in [0.15, 0.2) is 11.5 Å². The van der Waals surface area contributed by atoms with E-state index in [4.69, 9.17) is 25.2 Å². The summed E-state index contributed by atoms with van der Waals surface area (Å²) in [6.07, 6.45) is -4.42. The molecule has 274 valence electrons. The van der Waals surface area contributed by atoms with Gasteiger partial charge in [0.25, 0.3) is 5.91 Å². The Morgan fingerprint density at radius 3 is 2.56 bits per heavy atom. The molecule has 0 spiro atoms. The van der Waals surface area contributed by atoms with Crippen LogP contribution in [0.5, 0.6) is 6.01 Å². The van der Waals surface area contributed by atoms with Crippen LogP contribution in [0.3, 0.4) is 0 Å². The second-order valence-electron chi connectivity index (χ2n) is 14.2. The molecule has 15 heteroatoms. The van der Waals surface area contributed by atoms with Crippen LogP contribution in [0.15, 0.2) is 36.4 Å². The molecular formula is C37H40F4N8O3. The molecule has 3 aromatic rings. The van der Waals surface area contributed by atoms with Crippen LogP contribution >= 0.6 is 0 Å². The first-order chi connectivity index (χ1) is 24.7. The van der Waals surface area contributed by atoms with E-state index in [1.54, 1.807) is 24.8 Å². The van der Waals surface area contributed by atoms with E-state index in [9.17, 15) is 18.0 Å². The van der Waals surface area contributed by atoms with Crippen LogP contribution in [0.4, 0.5) is 29.1 Å². The fraction of sp³-hybridized carbons (Fsp3) is 0.459. The van der Waals surface area contributed by atoms with Crippen molar-refractivity contribution in [3.8, 4) is 17.9 Å². The monoisotopic (exact) mass is 720 g/mol. The topological polar surface area (TPSA) is 115 Å². The van der Waals surface area contributed by atoms with Gasteiger partial charge in [0.05, 0.1) is 47.4 Å². The van der Waals surface area contributed by atoms with Crippen molar-refractivity contribution in [2.24, 2.45) is 0 Å². The van der Waals surface area contributed by atoms with Crippen molar-refractivity contribution in [2.75, 3.05) is 51.0 Å². The Morgan fingerprint density at radius 1 is 1.15 bits per heavy atom. The molecule has 0 radical (unpaired) electrons. The Bertz CT molecular complexity index is 2030. The molecule has 1 aromatic carbocycles. The van der Waals surface area contributed by atoms with E-state index in [2.05, 4.69) is 35.0 Å². The number of carbonyl (C=O) groups is 1. The van der Waals surface area contributed by atoms with Gasteiger partial charge in [0.1, 0.15) is 12.4 Å². The molecule has 1 atom stereocenters. The lowest BCUT2D eigenvalue weighted by Crippen LogP contribution is -2.43. The molecule has 4 aliphatic heterocycles. The van der Waals surface area contributed by atoms with Crippen LogP contribution < -0.4 is 15.4 Å². The van der Waals surface area contributed by atoms with E-state index in [0.717, 1.165) is 48.8 Å². The molecule has 4 aliphatic rings. The van der Waals surface area contributed by atoms with E-state index >= 15 is 4.39 Å². The van der Waals surface area contributed by atoms with Crippen LogP contribution in [-0.4, -0.2) is 81.3 Å². The summed E-state index contributed by atoms with van der Waals surface area (Å²) in [5.41, 5.74) is 6.93. The van der Waals surface area contributed by atoms with E-state index in [0.29, 0.717) is 48.8 Å². The zero-order chi connectivity index (χ0) is 37.1. The van der Waals surface area contributed by atoms with E-state index in [-0.39, 0.29) is 37.1 Å². The van der Waals surface area contributed by atoms with Crippen molar-refractivity contribution < 1.29 is 31.8 Å². The van der Waals surface area contributed by atoms with Gasteiger partial charge in [-0.25, -0.2) is 4.39 Å². The molecule has 2 N–H and O–H groups in total. The highest BCUT2D eigenvalue weighted by Gasteiger charge is 2.48. The molecule has 1 amide bonds. The maximum atomic E-state index is 15.7. The molecule has 7 rings (SSSR count). The van der Waals surface area contributed by atoms with Gasteiger partial charge < -0.3 is 25.0 Å². The molecule has 0 saturated carbocycles. The van der Waals surface area contributed by atoms with Crippen LogP contribution in [0.25, 0.3) is 0 Å². The summed E-state index contributed by atoms with van der Waals surface area (Å²) in [5, 5.41) is 4.54. The second kappa shape index (κ2) is 13.2. The van der Waals surface area contributed by atoms with Gasteiger partial charge in [-0.15, -0.1) is 5.92 Å². The summed E-state index contributed by atoms with van der Waals surface area (Å²) >= 11 is 0. The lowest BCUT2D eigenvalue weighted by Gasteiger charge is -2.33. The SMILES string of the molecule is C=C1CN2CC(=C)CC2(COc2nc3c(c(N4CCCn5nc(C(=O)N(C)C)cc5C4)n2)CO[C@H](c2c(F)c(N)cc(C#CC)c2C(F)(F)F)C3)C1. The van der Waals surface area contributed by atoms with Crippen molar-refractivity contribution >= 4 is 17.4 Å². The number of hydrogen-bond acceptors (Lipinski definition) is 9. The zero-order valence-electron chi connectivity index (χ0n) is 29.4. The number of hydrogen-bond donors (Lipinski definition) is 1. The number of amides is 1. The average molecular weight is 721 g/mol. The van der Waals surface area contributed by atoms with E-state index in [1.807, 2.05) is 4.90 Å². The summed E-state index contributed by atoms with van der Waals surface area (Å²) in [6, 6.07) is 2.70. The van der Waals surface area contributed by atoms with E-state index in [1.165, 1.54) is 11.8 Å². The number of benzene rings is 1. The number of ether oxygens (including phenoxy) is 2. The third-order valence-electron chi connectivity index (χ3n) is 10.1. The number of alkyl halides is 3. The predicted octanol–water partition coefficient (Wildman–Crippen LogP) is 5.05.